The van der Waals surface area contributed by atoms with Gasteiger partial charge in [0.15, 0.2) is 6.61 Å². The van der Waals surface area contributed by atoms with E-state index in [0.717, 1.165) is 6.42 Å². The molecule has 1 atom stereocenters. The zero-order chi connectivity index (χ0) is 16.7. The molecule has 0 bridgehead atoms. The van der Waals surface area contributed by atoms with Crippen molar-refractivity contribution in [2.75, 3.05) is 6.54 Å². The maximum atomic E-state index is 11.9. The van der Waals surface area contributed by atoms with E-state index in [2.05, 4.69) is 15.5 Å². The lowest BCUT2D eigenvalue weighted by atomic mass is 10.2. The Bertz CT molecular complexity index is 629. The average Bonchev–Trinajstić information content (AvgIpc) is 3.01. The number of carbonyl (C=O) groups is 1. The molecule has 0 spiro atoms. The van der Waals surface area contributed by atoms with E-state index in [-0.39, 0.29) is 31.0 Å². The number of hydrogen-bond donors (Lipinski definition) is 2. The molecule has 8 heteroatoms. The second-order valence-corrected chi connectivity index (χ2v) is 5.29. The number of hydrogen-bond acceptors (Lipinski definition) is 6. The van der Waals surface area contributed by atoms with Crippen LogP contribution >= 0.6 is 12.4 Å². The van der Waals surface area contributed by atoms with Crippen LogP contribution in [-0.4, -0.2) is 28.6 Å². The van der Waals surface area contributed by atoms with Gasteiger partial charge < -0.3 is 20.3 Å². The van der Waals surface area contributed by atoms with E-state index < -0.39 is 0 Å². The first kappa shape index (κ1) is 19.9. The number of benzene rings is 1. The standard InChI is InChI=1S/C16H22N4O3.ClH/c1-3-15-19-14(20-23-15)10-22-13-6-4-12(5-7-13)16(21)18-9-8-11(2)17;/h4-7,11H,3,8-10,17H2,1-2H3,(H,18,21);1H. The quantitative estimate of drug-likeness (QED) is 0.752. The van der Waals surface area contributed by atoms with Crippen LogP contribution in [0.1, 0.15) is 42.3 Å². The van der Waals surface area contributed by atoms with Crippen molar-refractivity contribution in [1.82, 2.24) is 15.5 Å². The summed E-state index contributed by atoms with van der Waals surface area (Å²) in [5, 5.41) is 6.63. The molecule has 1 aromatic heterocycles. The van der Waals surface area contributed by atoms with Crippen LogP contribution in [0, 0.1) is 0 Å². The summed E-state index contributed by atoms with van der Waals surface area (Å²) in [4.78, 5) is 16.1. The van der Waals surface area contributed by atoms with Gasteiger partial charge in [-0.05, 0) is 37.6 Å². The summed E-state index contributed by atoms with van der Waals surface area (Å²) in [6, 6.07) is 6.97. The van der Waals surface area contributed by atoms with Gasteiger partial charge in [0.25, 0.3) is 5.91 Å². The summed E-state index contributed by atoms with van der Waals surface area (Å²) in [7, 11) is 0. The van der Waals surface area contributed by atoms with Gasteiger partial charge in [0.2, 0.25) is 11.7 Å². The summed E-state index contributed by atoms with van der Waals surface area (Å²) in [5.74, 6) is 1.60. The Morgan fingerprint density at radius 1 is 1.38 bits per heavy atom. The zero-order valence-corrected chi connectivity index (χ0v) is 14.6. The van der Waals surface area contributed by atoms with Crippen LogP contribution in [0.3, 0.4) is 0 Å². The molecule has 0 radical (unpaired) electrons. The molecule has 0 saturated carbocycles. The molecule has 0 aliphatic rings. The molecule has 2 aromatic rings. The van der Waals surface area contributed by atoms with E-state index in [1.807, 2.05) is 13.8 Å². The summed E-state index contributed by atoms with van der Waals surface area (Å²) in [6.07, 6.45) is 1.44. The highest BCUT2D eigenvalue weighted by atomic mass is 35.5. The highest BCUT2D eigenvalue weighted by molar-refractivity contribution is 5.94. The zero-order valence-electron chi connectivity index (χ0n) is 13.8. The minimum Gasteiger partial charge on any atom is -0.485 e. The number of aromatic nitrogens is 2. The molecule has 1 aromatic carbocycles. The molecular formula is C16H23ClN4O3. The summed E-state index contributed by atoms with van der Waals surface area (Å²) < 4.78 is 10.6. The third kappa shape index (κ3) is 6.17. The van der Waals surface area contributed by atoms with E-state index in [1.54, 1.807) is 24.3 Å². The molecule has 0 aliphatic heterocycles. The molecule has 132 valence electrons. The van der Waals surface area contributed by atoms with Gasteiger partial charge in [0.05, 0.1) is 0 Å². The lowest BCUT2D eigenvalue weighted by Crippen LogP contribution is -2.28. The van der Waals surface area contributed by atoms with Gasteiger partial charge in [-0.1, -0.05) is 12.1 Å². The van der Waals surface area contributed by atoms with Crippen LogP contribution in [0.15, 0.2) is 28.8 Å². The lowest BCUT2D eigenvalue weighted by Gasteiger charge is -2.08. The van der Waals surface area contributed by atoms with Crippen LogP contribution in [0.5, 0.6) is 5.75 Å². The van der Waals surface area contributed by atoms with Crippen LogP contribution in [0.2, 0.25) is 0 Å². The second kappa shape index (κ2) is 9.89. The van der Waals surface area contributed by atoms with Gasteiger partial charge in [-0.25, -0.2) is 0 Å². The fourth-order valence-electron chi connectivity index (χ4n) is 1.86. The Labute approximate surface area is 147 Å². The number of nitrogens with two attached hydrogens (primary N) is 1. The van der Waals surface area contributed by atoms with Crippen molar-refractivity contribution in [3.05, 3.63) is 41.5 Å². The predicted molar refractivity (Wildman–Crippen MR) is 92.3 cm³/mol. The molecule has 2 rings (SSSR count). The maximum absolute atomic E-state index is 11.9. The molecule has 1 amide bonds. The minimum absolute atomic E-state index is 0. The molecule has 3 N–H and O–H groups in total. The second-order valence-electron chi connectivity index (χ2n) is 5.29. The van der Waals surface area contributed by atoms with Gasteiger partial charge in [0, 0.05) is 24.6 Å². The fourth-order valence-corrected chi connectivity index (χ4v) is 1.86. The van der Waals surface area contributed by atoms with Crippen molar-refractivity contribution in [3.8, 4) is 5.75 Å². The van der Waals surface area contributed by atoms with Gasteiger partial charge in [-0.15, -0.1) is 12.4 Å². The average molecular weight is 355 g/mol. The van der Waals surface area contributed by atoms with Crippen LogP contribution in [0.4, 0.5) is 0 Å². The fraction of sp³-hybridized carbons (Fsp3) is 0.438. The smallest absolute Gasteiger partial charge is 0.251 e. The van der Waals surface area contributed by atoms with E-state index in [9.17, 15) is 4.79 Å². The monoisotopic (exact) mass is 354 g/mol. The Morgan fingerprint density at radius 3 is 2.67 bits per heavy atom. The summed E-state index contributed by atoms with van der Waals surface area (Å²) in [5.41, 5.74) is 6.22. The minimum atomic E-state index is -0.122. The lowest BCUT2D eigenvalue weighted by molar-refractivity contribution is 0.0952. The molecule has 0 saturated heterocycles. The van der Waals surface area contributed by atoms with Crippen molar-refractivity contribution in [3.63, 3.8) is 0 Å². The molecule has 24 heavy (non-hydrogen) atoms. The first-order chi connectivity index (χ1) is 11.1. The van der Waals surface area contributed by atoms with Crippen LogP contribution in [-0.2, 0) is 13.0 Å². The maximum Gasteiger partial charge on any atom is 0.251 e. The molecule has 1 heterocycles. The molecule has 0 aliphatic carbocycles. The van der Waals surface area contributed by atoms with Gasteiger partial charge in [0.1, 0.15) is 5.75 Å². The van der Waals surface area contributed by atoms with Crippen molar-refractivity contribution < 1.29 is 14.1 Å². The van der Waals surface area contributed by atoms with Crippen LogP contribution in [0.25, 0.3) is 0 Å². The van der Waals surface area contributed by atoms with Crippen molar-refractivity contribution in [2.24, 2.45) is 5.73 Å². The normalized spacial score (nSPS) is 11.5. The van der Waals surface area contributed by atoms with E-state index in [0.29, 0.717) is 36.0 Å². The third-order valence-corrected chi connectivity index (χ3v) is 3.18. The largest absolute Gasteiger partial charge is 0.485 e. The van der Waals surface area contributed by atoms with Gasteiger partial charge >= 0.3 is 0 Å². The molecule has 0 fully saturated rings. The number of nitrogens with zero attached hydrogens (tertiary/aromatic N) is 2. The number of aryl methyl sites for hydroxylation is 1. The first-order valence-electron chi connectivity index (χ1n) is 7.66. The number of halogens is 1. The number of ether oxygens (including phenoxy) is 1. The summed E-state index contributed by atoms with van der Waals surface area (Å²) in [6.45, 7) is 4.64. The highest BCUT2D eigenvalue weighted by Crippen LogP contribution is 2.13. The molecule has 7 nitrogen and oxygen atoms in total. The van der Waals surface area contributed by atoms with Crippen LogP contribution < -0.4 is 15.8 Å². The Kier molecular flexibility index (Phi) is 8.21. The third-order valence-electron chi connectivity index (χ3n) is 3.18. The topological polar surface area (TPSA) is 103 Å². The molecular weight excluding hydrogens is 332 g/mol. The van der Waals surface area contributed by atoms with Crippen molar-refractivity contribution in [2.45, 2.75) is 39.3 Å². The molecule has 1 unspecified atom stereocenters. The number of amides is 1. The SMILES string of the molecule is CCc1nc(COc2ccc(C(=O)NCCC(C)N)cc2)no1.Cl. The first-order valence-corrected chi connectivity index (χ1v) is 7.66. The number of nitrogens with one attached hydrogen (secondary N) is 1. The van der Waals surface area contributed by atoms with Crippen molar-refractivity contribution >= 4 is 18.3 Å². The Balaban J connectivity index is 0.00000288. The van der Waals surface area contributed by atoms with Crippen molar-refractivity contribution in [1.29, 1.82) is 0 Å². The Morgan fingerprint density at radius 2 is 2.08 bits per heavy atom. The van der Waals surface area contributed by atoms with Gasteiger partial charge in [-0.2, -0.15) is 4.98 Å². The number of rotatable bonds is 8. The highest BCUT2D eigenvalue weighted by Gasteiger charge is 2.07. The predicted octanol–water partition coefficient (Wildman–Crippen LogP) is 2.10. The summed E-state index contributed by atoms with van der Waals surface area (Å²) >= 11 is 0. The Hall–Kier alpha value is -2.12. The van der Waals surface area contributed by atoms with E-state index >= 15 is 0 Å². The van der Waals surface area contributed by atoms with E-state index in [1.165, 1.54) is 0 Å². The van der Waals surface area contributed by atoms with Gasteiger partial charge in [-0.3, -0.25) is 4.79 Å². The number of carbonyl (C=O) groups excluding carboxylic acids is 1. The van der Waals surface area contributed by atoms with E-state index in [4.69, 9.17) is 15.0 Å².